The number of para-hydroxylation sites is 2. The average Bonchev–Trinajstić information content (AvgIpc) is 3.27. The van der Waals surface area contributed by atoms with Gasteiger partial charge in [0.25, 0.3) is 0 Å². The molecule has 4 heteroatoms. The van der Waals surface area contributed by atoms with Gasteiger partial charge in [-0.1, -0.05) is 73.3 Å². The lowest BCUT2D eigenvalue weighted by Gasteiger charge is -2.20. The summed E-state index contributed by atoms with van der Waals surface area (Å²) in [5, 5.41) is 3.25. The number of benzene rings is 4. The van der Waals surface area contributed by atoms with Crippen molar-refractivity contribution < 1.29 is 4.74 Å². The van der Waals surface area contributed by atoms with Crippen LogP contribution in [0.4, 0.5) is 0 Å². The predicted octanol–water partition coefficient (Wildman–Crippen LogP) is 8.65. The van der Waals surface area contributed by atoms with Crippen LogP contribution in [0.15, 0.2) is 116 Å². The molecular formula is C33H23N3O. The Bertz CT molecular complexity index is 1940. The molecule has 3 heterocycles. The Labute approximate surface area is 214 Å². The zero-order chi connectivity index (χ0) is 24.9. The van der Waals surface area contributed by atoms with Crippen LogP contribution in [0.3, 0.4) is 0 Å². The molecule has 2 aromatic heterocycles. The molecule has 0 aliphatic carbocycles. The molecular weight excluding hydrogens is 454 g/mol. The van der Waals surface area contributed by atoms with Crippen LogP contribution in [0.25, 0.3) is 55.5 Å². The number of fused-ring (bicyclic) bond motifs is 5. The molecule has 1 aliphatic heterocycles. The standard InChI is InChI=1S/C33H23N3O/c1-3-5-11-21(4-2)22-18-19-28-25(20-22)23-12-6-8-15-27(23)36(28)33-34-26-14-10-17-30-31(26)32(35-33)24-13-7-9-16-29(24)37-30/h3-20H,2H2,1H3/b5-3-,21-11+. The molecule has 0 atom stereocenters. The van der Waals surface area contributed by atoms with Crippen molar-refractivity contribution in [2.45, 2.75) is 6.92 Å². The van der Waals surface area contributed by atoms with E-state index in [0.29, 0.717) is 5.95 Å². The lowest BCUT2D eigenvalue weighted by Crippen LogP contribution is -2.06. The number of rotatable bonds is 4. The minimum atomic E-state index is 0.642. The second kappa shape index (κ2) is 8.32. The summed E-state index contributed by atoms with van der Waals surface area (Å²) in [7, 11) is 0. The molecule has 0 amide bonds. The largest absolute Gasteiger partial charge is 0.456 e. The lowest BCUT2D eigenvalue weighted by atomic mass is 10.0. The molecule has 0 N–H and O–H groups in total. The summed E-state index contributed by atoms with van der Waals surface area (Å²) in [6.07, 6.45) is 8.04. The van der Waals surface area contributed by atoms with E-state index in [-0.39, 0.29) is 0 Å². The molecule has 0 radical (unpaired) electrons. The van der Waals surface area contributed by atoms with E-state index in [1.54, 1.807) is 0 Å². The van der Waals surface area contributed by atoms with E-state index in [1.807, 2.05) is 61.5 Å². The summed E-state index contributed by atoms with van der Waals surface area (Å²) in [6, 6.07) is 29.0. The highest BCUT2D eigenvalue weighted by molar-refractivity contribution is 6.10. The Morgan fingerprint density at radius 3 is 2.54 bits per heavy atom. The maximum Gasteiger partial charge on any atom is 0.235 e. The average molecular weight is 478 g/mol. The summed E-state index contributed by atoms with van der Waals surface area (Å²) in [5.74, 6) is 2.24. The Hall–Kier alpha value is -4.96. The first-order valence-electron chi connectivity index (χ1n) is 12.3. The Morgan fingerprint density at radius 2 is 1.65 bits per heavy atom. The minimum absolute atomic E-state index is 0.642. The van der Waals surface area contributed by atoms with Crippen LogP contribution in [0.1, 0.15) is 12.5 Å². The van der Waals surface area contributed by atoms with Crippen molar-refractivity contribution in [3.05, 3.63) is 121 Å². The zero-order valence-electron chi connectivity index (χ0n) is 20.3. The van der Waals surface area contributed by atoms with E-state index in [2.05, 4.69) is 65.8 Å². The van der Waals surface area contributed by atoms with Gasteiger partial charge in [0, 0.05) is 16.3 Å². The Balaban J connectivity index is 1.54. The van der Waals surface area contributed by atoms with Crippen molar-refractivity contribution in [3.63, 3.8) is 0 Å². The SMILES string of the molecule is C=C/C(=C\C=C/C)c1ccc2c(c1)c1ccccc1n2-c1nc2c3c(cccc3n1)Oc1ccccc1-2. The van der Waals surface area contributed by atoms with Crippen LogP contribution in [-0.4, -0.2) is 14.5 Å². The van der Waals surface area contributed by atoms with Gasteiger partial charge >= 0.3 is 0 Å². The van der Waals surface area contributed by atoms with Gasteiger partial charge in [0.2, 0.25) is 5.95 Å². The second-order valence-electron chi connectivity index (χ2n) is 9.06. The predicted molar refractivity (Wildman–Crippen MR) is 152 cm³/mol. The molecule has 0 bridgehead atoms. The van der Waals surface area contributed by atoms with E-state index in [0.717, 1.165) is 66.6 Å². The summed E-state index contributed by atoms with van der Waals surface area (Å²) in [5.41, 5.74) is 7.04. The van der Waals surface area contributed by atoms with E-state index in [9.17, 15) is 0 Å². The van der Waals surface area contributed by atoms with Gasteiger partial charge in [0.05, 0.1) is 27.6 Å². The maximum absolute atomic E-state index is 6.19. The Morgan fingerprint density at radius 1 is 0.838 bits per heavy atom. The first kappa shape index (κ1) is 21.3. The minimum Gasteiger partial charge on any atom is -0.456 e. The molecule has 37 heavy (non-hydrogen) atoms. The first-order chi connectivity index (χ1) is 18.3. The van der Waals surface area contributed by atoms with Crippen LogP contribution in [0.2, 0.25) is 0 Å². The van der Waals surface area contributed by atoms with E-state index >= 15 is 0 Å². The number of aromatic nitrogens is 3. The van der Waals surface area contributed by atoms with Crippen molar-refractivity contribution in [2.24, 2.45) is 0 Å². The van der Waals surface area contributed by atoms with Crippen LogP contribution in [0.5, 0.6) is 11.5 Å². The highest BCUT2D eigenvalue weighted by Gasteiger charge is 2.24. The summed E-state index contributed by atoms with van der Waals surface area (Å²) < 4.78 is 8.35. The number of hydrogen-bond acceptors (Lipinski definition) is 3. The van der Waals surface area contributed by atoms with Gasteiger partial charge in [-0.05, 0) is 60.5 Å². The van der Waals surface area contributed by atoms with Crippen LogP contribution in [-0.2, 0) is 0 Å². The van der Waals surface area contributed by atoms with Gasteiger partial charge in [-0.2, -0.15) is 0 Å². The third kappa shape index (κ3) is 3.23. The van der Waals surface area contributed by atoms with E-state index in [4.69, 9.17) is 14.7 Å². The number of hydrogen-bond donors (Lipinski definition) is 0. The lowest BCUT2D eigenvalue weighted by molar-refractivity contribution is 0.486. The molecule has 0 unspecified atom stereocenters. The number of ether oxygens (including phenoxy) is 1. The van der Waals surface area contributed by atoms with Gasteiger partial charge < -0.3 is 4.74 Å². The molecule has 0 fully saturated rings. The van der Waals surface area contributed by atoms with Crippen LogP contribution < -0.4 is 4.74 Å². The monoisotopic (exact) mass is 477 g/mol. The van der Waals surface area contributed by atoms with E-state index < -0.39 is 0 Å². The van der Waals surface area contributed by atoms with Gasteiger partial charge in [-0.15, -0.1) is 0 Å². The third-order valence-electron chi connectivity index (χ3n) is 6.93. The van der Waals surface area contributed by atoms with Crippen LogP contribution in [0, 0.1) is 0 Å². The summed E-state index contributed by atoms with van der Waals surface area (Å²) in [6.45, 7) is 6.04. The molecule has 0 saturated carbocycles. The highest BCUT2D eigenvalue weighted by atomic mass is 16.5. The van der Waals surface area contributed by atoms with Crippen molar-refractivity contribution in [2.75, 3.05) is 0 Å². The maximum atomic E-state index is 6.19. The van der Waals surface area contributed by atoms with Crippen molar-refractivity contribution in [1.82, 2.24) is 14.5 Å². The Kier molecular flexibility index (Phi) is 4.79. The molecule has 7 rings (SSSR count). The second-order valence-corrected chi connectivity index (χ2v) is 9.06. The molecule has 0 spiro atoms. The van der Waals surface area contributed by atoms with E-state index in [1.165, 1.54) is 0 Å². The van der Waals surface area contributed by atoms with Gasteiger partial charge in [0.15, 0.2) is 0 Å². The number of nitrogens with zero attached hydrogens (tertiary/aromatic N) is 3. The molecule has 1 aliphatic rings. The molecule has 0 saturated heterocycles. The highest BCUT2D eigenvalue weighted by Crippen LogP contribution is 2.45. The van der Waals surface area contributed by atoms with Gasteiger partial charge in [0.1, 0.15) is 11.5 Å². The van der Waals surface area contributed by atoms with Crippen molar-refractivity contribution >= 4 is 38.3 Å². The topological polar surface area (TPSA) is 39.9 Å². The third-order valence-corrected chi connectivity index (χ3v) is 6.93. The first-order valence-corrected chi connectivity index (χ1v) is 12.3. The van der Waals surface area contributed by atoms with Crippen molar-refractivity contribution in [3.8, 4) is 28.7 Å². The fourth-order valence-corrected chi connectivity index (χ4v) is 5.24. The van der Waals surface area contributed by atoms with Gasteiger partial charge in [-0.3, -0.25) is 4.57 Å². The fraction of sp³-hybridized carbons (Fsp3) is 0.0303. The molecule has 176 valence electrons. The zero-order valence-corrected chi connectivity index (χ0v) is 20.3. The van der Waals surface area contributed by atoms with Gasteiger partial charge in [-0.25, -0.2) is 9.97 Å². The molecule has 4 aromatic carbocycles. The van der Waals surface area contributed by atoms with Crippen LogP contribution >= 0.6 is 0 Å². The summed E-state index contributed by atoms with van der Waals surface area (Å²) in [4.78, 5) is 10.2. The van der Waals surface area contributed by atoms with Crippen molar-refractivity contribution in [1.29, 1.82) is 0 Å². The number of allylic oxidation sites excluding steroid dienone is 5. The molecule has 4 nitrogen and oxygen atoms in total. The quantitative estimate of drug-likeness (QED) is 0.238. The summed E-state index contributed by atoms with van der Waals surface area (Å²) >= 11 is 0. The fourth-order valence-electron chi connectivity index (χ4n) is 5.24. The normalized spacial score (nSPS) is 12.8. The smallest absolute Gasteiger partial charge is 0.235 e. The molecule has 6 aromatic rings.